The van der Waals surface area contributed by atoms with Gasteiger partial charge in [0.15, 0.2) is 0 Å². The molecule has 2 rings (SSSR count). The zero-order valence-corrected chi connectivity index (χ0v) is 12.3. The first kappa shape index (κ1) is 15.3. The third kappa shape index (κ3) is 3.52. The van der Waals surface area contributed by atoms with Crippen molar-refractivity contribution in [3.05, 3.63) is 59.4 Å². The van der Waals surface area contributed by atoms with E-state index in [0.29, 0.717) is 18.7 Å². The molecule has 4 heteroatoms. The molecule has 0 amide bonds. The van der Waals surface area contributed by atoms with Crippen molar-refractivity contribution in [3.8, 4) is 11.5 Å². The molecule has 0 aliphatic carbocycles. The van der Waals surface area contributed by atoms with Gasteiger partial charge in [0.1, 0.15) is 17.3 Å². The molecule has 2 aromatic carbocycles. The number of methoxy groups -OCH3 is 2. The standard InChI is InChI=1S/C17H20FNO2/c1-20-16-8-7-14(18)10-12(16)9-13(11-19)15-5-3-4-6-17(15)21-2/h3-8,10,13H,9,11,19H2,1-2H3. The van der Waals surface area contributed by atoms with E-state index in [9.17, 15) is 4.39 Å². The summed E-state index contributed by atoms with van der Waals surface area (Å²) in [7, 11) is 3.21. The number of hydrogen-bond acceptors (Lipinski definition) is 3. The summed E-state index contributed by atoms with van der Waals surface area (Å²) in [6, 6.07) is 12.3. The van der Waals surface area contributed by atoms with Gasteiger partial charge in [0.25, 0.3) is 0 Å². The Morgan fingerprint density at radius 2 is 1.76 bits per heavy atom. The third-order valence-corrected chi connectivity index (χ3v) is 3.57. The van der Waals surface area contributed by atoms with E-state index >= 15 is 0 Å². The van der Waals surface area contributed by atoms with Crippen molar-refractivity contribution in [1.29, 1.82) is 0 Å². The summed E-state index contributed by atoms with van der Waals surface area (Å²) in [4.78, 5) is 0. The average molecular weight is 289 g/mol. The highest BCUT2D eigenvalue weighted by Crippen LogP contribution is 2.31. The predicted octanol–water partition coefficient (Wildman–Crippen LogP) is 3.13. The molecule has 0 bridgehead atoms. The van der Waals surface area contributed by atoms with Gasteiger partial charge in [-0.1, -0.05) is 18.2 Å². The van der Waals surface area contributed by atoms with Crippen LogP contribution in [-0.2, 0) is 6.42 Å². The highest BCUT2D eigenvalue weighted by atomic mass is 19.1. The van der Waals surface area contributed by atoms with Crippen LogP contribution in [0.5, 0.6) is 11.5 Å². The summed E-state index contributed by atoms with van der Waals surface area (Å²) in [6.45, 7) is 0.444. The van der Waals surface area contributed by atoms with Crippen LogP contribution < -0.4 is 15.2 Å². The Morgan fingerprint density at radius 1 is 1.05 bits per heavy atom. The lowest BCUT2D eigenvalue weighted by atomic mass is 9.91. The maximum absolute atomic E-state index is 13.5. The van der Waals surface area contributed by atoms with Gasteiger partial charge in [-0.3, -0.25) is 0 Å². The van der Waals surface area contributed by atoms with E-state index in [-0.39, 0.29) is 11.7 Å². The van der Waals surface area contributed by atoms with Crippen LogP contribution in [0.2, 0.25) is 0 Å². The zero-order chi connectivity index (χ0) is 15.2. The molecule has 0 radical (unpaired) electrons. The first-order valence-electron chi connectivity index (χ1n) is 6.85. The molecule has 1 atom stereocenters. The van der Waals surface area contributed by atoms with Gasteiger partial charge in [-0.05, 0) is 48.4 Å². The third-order valence-electron chi connectivity index (χ3n) is 3.57. The highest BCUT2D eigenvalue weighted by molar-refractivity contribution is 5.40. The molecular formula is C17H20FNO2. The second kappa shape index (κ2) is 7.09. The van der Waals surface area contributed by atoms with Crippen LogP contribution in [0.4, 0.5) is 4.39 Å². The van der Waals surface area contributed by atoms with Crippen molar-refractivity contribution >= 4 is 0 Å². The van der Waals surface area contributed by atoms with Gasteiger partial charge in [-0.25, -0.2) is 4.39 Å². The Morgan fingerprint density at radius 3 is 2.43 bits per heavy atom. The average Bonchev–Trinajstić information content (AvgIpc) is 2.52. The van der Waals surface area contributed by atoms with E-state index in [4.69, 9.17) is 15.2 Å². The Labute approximate surface area is 124 Å². The maximum Gasteiger partial charge on any atom is 0.123 e. The van der Waals surface area contributed by atoms with Crippen LogP contribution in [0.3, 0.4) is 0 Å². The quantitative estimate of drug-likeness (QED) is 0.888. The number of nitrogens with two attached hydrogens (primary N) is 1. The van der Waals surface area contributed by atoms with Crippen molar-refractivity contribution in [2.75, 3.05) is 20.8 Å². The minimum atomic E-state index is -0.276. The lowest BCUT2D eigenvalue weighted by Gasteiger charge is -2.19. The molecule has 0 spiro atoms. The zero-order valence-electron chi connectivity index (χ0n) is 12.3. The smallest absolute Gasteiger partial charge is 0.123 e. The van der Waals surface area contributed by atoms with Gasteiger partial charge < -0.3 is 15.2 Å². The maximum atomic E-state index is 13.5. The normalized spacial score (nSPS) is 12.0. The monoisotopic (exact) mass is 289 g/mol. The second-order valence-corrected chi connectivity index (χ2v) is 4.83. The van der Waals surface area contributed by atoms with Crippen LogP contribution in [0, 0.1) is 5.82 Å². The van der Waals surface area contributed by atoms with Crippen molar-refractivity contribution in [1.82, 2.24) is 0 Å². The van der Waals surface area contributed by atoms with Gasteiger partial charge >= 0.3 is 0 Å². The summed E-state index contributed by atoms with van der Waals surface area (Å²) >= 11 is 0. The molecule has 0 aromatic heterocycles. The molecule has 0 fully saturated rings. The van der Waals surface area contributed by atoms with Gasteiger partial charge in [-0.15, -0.1) is 0 Å². The molecule has 0 aliphatic heterocycles. The Bertz CT molecular complexity index is 601. The molecule has 1 unspecified atom stereocenters. The summed E-state index contributed by atoms with van der Waals surface area (Å²) in [5.41, 5.74) is 7.74. The molecule has 3 nitrogen and oxygen atoms in total. The fourth-order valence-electron chi connectivity index (χ4n) is 2.50. The van der Waals surface area contributed by atoms with E-state index in [1.54, 1.807) is 20.3 Å². The first-order chi connectivity index (χ1) is 10.2. The molecule has 0 saturated carbocycles. The molecule has 0 saturated heterocycles. The lowest BCUT2D eigenvalue weighted by Crippen LogP contribution is -2.16. The van der Waals surface area contributed by atoms with Crippen molar-refractivity contribution in [2.45, 2.75) is 12.3 Å². The number of ether oxygens (including phenoxy) is 2. The molecule has 0 aliphatic rings. The summed E-state index contributed by atoms with van der Waals surface area (Å²) in [5.74, 6) is 1.23. The number of halogens is 1. The minimum Gasteiger partial charge on any atom is -0.496 e. The van der Waals surface area contributed by atoms with E-state index in [1.807, 2.05) is 24.3 Å². The lowest BCUT2D eigenvalue weighted by molar-refractivity contribution is 0.400. The highest BCUT2D eigenvalue weighted by Gasteiger charge is 2.17. The Kier molecular flexibility index (Phi) is 5.17. The molecule has 21 heavy (non-hydrogen) atoms. The van der Waals surface area contributed by atoms with Gasteiger partial charge in [0.2, 0.25) is 0 Å². The first-order valence-corrected chi connectivity index (χ1v) is 6.85. The molecule has 2 N–H and O–H groups in total. The molecule has 0 heterocycles. The van der Waals surface area contributed by atoms with Gasteiger partial charge in [0.05, 0.1) is 14.2 Å². The second-order valence-electron chi connectivity index (χ2n) is 4.83. The minimum absolute atomic E-state index is 0.0387. The summed E-state index contributed by atoms with van der Waals surface area (Å²) in [6.07, 6.45) is 0.595. The number of rotatable bonds is 6. The largest absolute Gasteiger partial charge is 0.496 e. The van der Waals surface area contributed by atoms with Crippen LogP contribution >= 0.6 is 0 Å². The topological polar surface area (TPSA) is 44.5 Å². The van der Waals surface area contributed by atoms with Crippen LogP contribution in [0.1, 0.15) is 17.0 Å². The fraction of sp³-hybridized carbons (Fsp3) is 0.294. The van der Waals surface area contributed by atoms with Crippen molar-refractivity contribution < 1.29 is 13.9 Å². The van der Waals surface area contributed by atoms with Crippen LogP contribution in [0.25, 0.3) is 0 Å². The Hall–Kier alpha value is -2.07. The Balaban J connectivity index is 2.33. The van der Waals surface area contributed by atoms with E-state index in [1.165, 1.54) is 12.1 Å². The van der Waals surface area contributed by atoms with Crippen LogP contribution in [0.15, 0.2) is 42.5 Å². The summed E-state index contributed by atoms with van der Waals surface area (Å²) < 4.78 is 24.2. The van der Waals surface area contributed by atoms with Crippen molar-refractivity contribution in [3.63, 3.8) is 0 Å². The SMILES string of the molecule is COc1ccc(F)cc1CC(CN)c1ccccc1OC. The fourth-order valence-corrected chi connectivity index (χ4v) is 2.50. The molecule has 112 valence electrons. The van der Waals surface area contributed by atoms with E-state index in [2.05, 4.69) is 0 Å². The van der Waals surface area contributed by atoms with Crippen LogP contribution in [-0.4, -0.2) is 20.8 Å². The molecule has 2 aromatic rings. The number of hydrogen-bond donors (Lipinski definition) is 1. The van der Waals surface area contributed by atoms with E-state index in [0.717, 1.165) is 16.9 Å². The van der Waals surface area contributed by atoms with Gasteiger partial charge in [0, 0.05) is 5.92 Å². The van der Waals surface area contributed by atoms with E-state index < -0.39 is 0 Å². The van der Waals surface area contributed by atoms with Gasteiger partial charge in [-0.2, -0.15) is 0 Å². The number of para-hydroxylation sites is 1. The molecular weight excluding hydrogens is 269 g/mol. The predicted molar refractivity (Wildman–Crippen MR) is 81.4 cm³/mol. The summed E-state index contributed by atoms with van der Waals surface area (Å²) in [5, 5.41) is 0. The number of benzene rings is 2. The van der Waals surface area contributed by atoms with Crippen molar-refractivity contribution in [2.24, 2.45) is 5.73 Å².